The van der Waals surface area contributed by atoms with Crippen LogP contribution in [0.25, 0.3) is 0 Å². The summed E-state index contributed by atoms with van der Waals surface area (Å²) in [4.78, 5) is 14.0. The highest BCUT2D eigenvalue weighted by molar-refractivity contribution is 8.24. The molecular formula is C34H54N2O3S2. The van der Waals surface area contributed by atoms with E-state index >= 15 is 0 Å². The quantitative estimate of drug-likeness (QED) is 0.0719. The molecule has 1 aliphatic rings. The molecule has 1 aromatic carbocycles. The zero-order valence-electron chi connectivity index (χ0n) is 26.0. The van der Waals surface area contributed by atoms with Gasteiger partial charge in [-0.2, -0.15) is 5.26 Å². The highest BCUT2D eigenvalue weighted by Gasteiger charge is 2.31. The number of rotatable bonds is 24. The van der Waals surface area contributed by atoms with Crippen molar-refractivity contribution in [2.75, 3.05) is 13.2 Å². The molecular weight excluding hydrogens is 549 g/mol. The summed E-state index contributed by atoms with van der Waals surface area (Å²) >= 11 is 2.87. The number of benzene rings is 1. The fourth-order valence-corrected chi connectivity index (χ4v) is 7.68. The van der Waals surface area contributed by atoms with Crippen molar-refractivity contribution in [3.05, 3.63) is 21.4 Å². The Kier molecular flexibility index (Phi) is 18.9. The summed E-state index contributed by atoms with van der Waals surface area (Å²) in [5.41, 5.74) is 6.76. The highest BCUT2D eigenvalue weighted by Crippen LogP contribution is 2.60. The van der Waals surface area contributed by atoms with Gasteiger partial charge in [-0.15, -0.1) is 0 Å². The minimum absolute atomic E-state index is 0.0115. The van der Waals surface area contributed by atoms with Gasteiger partial charge in [0.2, 0.25) is 0 Å². The maximum atomic E-state index is 12.0. The second-order valence-corrected chi connectivity index (χ2v) is 13.4. The van der Waals surface area contributed by atoms with Gasteiger partial charge in [0.1, 0.15) is 23.1 Å². The van der Waals surface area contributed by atoms with E-state index in [1.165, 1.54) is 125 Å². The van der Waals surface area contributed by atoms with Crippen LogP contribution in [0.3, 0.4) is 0 Å². The SMILES string of the molecule is CCCCCCCCOc1cc(CCCCCCCC)c(OCCCCCCCC)c2c1SC(=C(C#N)C(N)=O)S2. The Bertz CT molecular complexity index is 987. The summed E-state index contributed by atoms with van der Waals surface area (Å²) in [6, 6.07) is 4.20. The topological polar surface area (TPSA) is 85.3 Å². The number of aryl methyl sites for hydroxylation is 1. The lowest BCUT2D eigenvalue weighted by atomic mass is 10.0. The Morgan fingerprint density at radius 2 is 1.22 bits per heavy atom. The molecule has 0 aromatic heterocycles. The van der Waals surface area contributed by atoms with E-state index in [4.69, 9.17) is 15.2 Å². The van der Waals surface area contributed by atoms with Crippen LogP contribution in [0.15, 0.2) is 25.7 Å². The third-order valence-corrected chi connectivity index (χ3v) is 10.1. The number of nitrogens with two attached hydrogens (primary N) is 1. The zero-order chi connectivity index (χ0) is 29.7. The first-order chi connectivity index (χ1) is 20.1. The third kappa shape index (κ3) is 13.0. The number of hydrogen-bond donors (Lipinski definition) is 1. The van der Waals surface area contributed by atoms with Gasteiger partial charge in [-0.25, -0.2) is 0 Å². The van der Waals surface area contributed by atoms with Gasteiger partial charge in [-0.3, -0.25) is 4.79 Å². The summed E-state index contributed by atoms with van der Waals surface area (Å²) in [5, 5.41) is 9.66. The van der Waals surface area contributed by atoms with Crippen LogP contribution >= 0.6 is 23.5 Å². The highest BCUT2D eigenvalue weighted by atomic mass is 32.2. The maximum Gasteiger partial charge on any atom is 0.261 e. The molecule has 0 saturated carbocycles. The van der Waals surface area contributed by atoms with Gasteiger partial charge in [0.15, 0.2) is 0 Å². The molecule has 41 heavy (non-hydrogen) atoms. The second kappa shape index (κ2) is 21.9. The third-order valence-electron chi connectivity index (χ3n) is 7.48. The van der Waals surface area contributed by atoms with E-state index in [0.717, 1.165) is 47.0 Å². The average molecular weight is 603 g/mol. The number of ether oxygens (including phenoxy) is 2. The fourth-order valence-electron chi connectivity index (χ4n) is 5.02. The van der Waals surface area contributed by atoms with Crippen LogP contribution in [-0.4, -0.2) is 19.1 Å². The first-order valence-electron chi connectivity index (χ1n) is 16.3. The molecule has 7 heteroatoms. The van der Waals surface area contributed by atoms with Crippen LogP contribution in [0.5, 0.6) is 11.5 Å². The molecule has 0 aliphatic carbocycles. The number of thioether (sulfide) groups is 2. The Labute approximate surface area is 258 Å². The van der Waals surface area contributed by atoms with Crippen molar-refractivity contribution in [3.63, 3.8) is 0 Å². The normalized spacial score (nSPS) is 13.6. The Balaban J connectivity index is 2.26. The van der Waals surface area contributed by atoms with E-state index in [1.807, 2.05) is 6.07 Å². The number of unbranched alkanes of at least 4 members (excludes halogenated alkanes) is 15. The Morgan fingerprint density at radius 1 is 0.732 bits per heavy atom. The number of primary amides is 1. The molecule has 0 saturated heterocycles. The lowest BCUT2D eigenvalue weighted by Crippen LogP contribution is -2.13. The van der Waals surface area contributed by atoms with E-state index in [1.54, 1.807) is 0 Å². The van der Waals surface area contributed by atoms with Crippen LogP contribution in [0.4, 0.5) is 0 Å². The van der Waals surface area contributed by atoms with Crippen molar-refractivity contribution in [2.24, 2.45) is 5.73 Å². The molecule has 0 unspecified atom stereocenters. The van der Waals surface area contributed by atoms with Crippen LogP contribution < -0.4 is 15.2 Å². The summed E-state index contributed by atoms with van der Waals surface area (Å²) in [6.45, 7) is 8.06. The molecule has 0 fully saturated rings. The summed E-state index contributed by atoms with van der Waals surface area (Å²) in [7, 11) is 0. The number of nitrogens with zero attached hydrogens (tertiary/aromatic N) is 1. The van der Waals surface area contributed by atoms with E-state index in [2.05, 4.69) is 26.8 Å². The van der Waals surface area contributed by atoms with Crippen LogP contribution in [0, 0.1) is 11.3 Å². The predicted molar refractivity (Wildman–Crippen MR) is 175 cm³/mol. The van der Waals surface area contributed by atoms with E-state index in [0.29, 0.717) is 17.5 Å². The molecule has 0 radical (unpaired) electrons. The van der Waals surface area contributed by atoms with Crippen molar-refractivity contribution < 1.29 is 14.3 Å². The number of amides is 1. The first-order valence-corrected chi connectivity index (χ1v) is 18.0. The zero-order valence-corrected chi connectivity index (χ0v) is 27.6. The van der Waals surface area contributed by atoms with Crippen LogP contribution in [0.2, 0.25) is 0 Å². The first kappa shape index (κ1) is 35.4. The lowest BCUT2D eigenvalue weighted by molar-refractivity contribution is -0.114. The van der Waals surface area contributed by atoms with Gasteiger partial charge in [0, 0.05) is 0 Å². The molecule has 1 aliphatic heterocycles. The number of hydrogen-bond acceptors (Lipinski definition) is 6. The molecule has 5 nitrogen and oxygen atoms in total. The molecule has 1 heterocycles. The lowest BCUT2D eigenvalue weighted by Gasteiger charge is -2.18. The second-order valence-electron chi connectivity index (χ2n) is 11.1. The van der Waals surface area contributed by atoms with Gasteiger partial charge in [0.05, 0.1) is 27.2 Å². The molecule has 1 amide bonds. The van der Waals surface area contributed by atoms with Crippen molar-refractivity contribution in [2.45, 2.75) is 153 Å². The van der Waals surface area contributed by atoms with Gasteiger partial charge >= 0.3 is 0 Å². The summed E-state index contributed by atoms with van der Waals surface area (Å²) in [5.74, 6) is 1.06. The number of carbonyl (C=O) groups excluding carboxylic acids is 1. The van der Waals surface area contributed by atoms with E-state index in [-0.39, 0.29) is 5.57 Å². The number of fused-ring (bicyclic) bond motifs is 1. The monoisotopic (exact) mass is 602 g/mol. The summed E-state index contributed by atoms with van der Waals surface area (Å²) in [6.07, 6.45) is 22.9. The fraction of sp³-hybridized carbons (Fsp3) is 0.706. The van der Waals surface area contributed by atoms with Crippen molar-refractivity contribution >= 4 is 29.4 Å². The van der Waals surface area contributed by atoms with Crippen molar-refractivity contribution in [1.82, 2.24) is 0 Å². The summed E-state index contributed by atoms with van der Waals surface area (Å²) < 4.78 is 13.6. The van der Waals surface area contributed by atoms with Crippen molar-refractivity contribution in [3.8, 4) is 17.6 Å². The maximum absolute atomic E-state index is 12.0. The average Bonchev–Trinajstić information content (AvgIpc) is 3.40. The van der Waals surface area contributed by atoms with Crippen LogP contribution in [0.1, 0.15) is 142 Å². The molecule has 230 valence electrons. The van der Waals surface area contributed by atoms with Gasteiger partial charge in [0.25, 0.3) is 5.91 Å². The number of nitriles is 1. The largest absolute Gasteiger partial charge is 0.492 e. The number of carbonyl (C=O) groups is 1. The predicted octanol–water partition coefficient (Wildman–Crippen LogP) is 10.5. The molecule has 0 bridgehead atoms. The Hall–Kier alpha value is -1.78. The molecule has 2 N–H and O–H groups in total. The molecule has 0 atom stereocenters. The van der Waals surface area contributed by atoms with Gasteiger partial charge < -0.3 is 15.2 Å². The molecule has 0 spiro atoms. The van der Waals surface area contributed by atoms with E-state index in [9.17, 15) is 10.1 Å². The molecule has 1 aromatic rings. The standard InChI is InChI=1S/C34H54N2O3S2/c1-4-7-10-13-16-19-22-27-25-29(38-23-20-17-14-11-8-5-2)31-32(41-34(40-31)28(26-35)33(36)37)30(27)39-24-21-18-15-12-9-6-3/h25H,4-24H2,1-3H3,(H2,36,37). The van der Waals surface area contributed by atoms with Crippen molar-refractivity contribution in [1.29, 1.82) is 5.26 Å². The minimum atomic E-state index is -0.688. The van der Waals surface area contributed by atoms with E-state index < -0.39 is 5.91 Å². The van der Waals surface area contributed by atoms with Gasteiger partial charge in [-0.05, 0) is 37.3 Å². The minimum Gasteiger partial charge on any atom is -0.492 e. The van der Waals surface area contributed by atoms with Crippen LogP contribution in [-0.2, 0) is 11.2 Å². The molecule has 2 rings (SSSR count). The smallest absolute Gasteiger partial charge is 0.261 e. The van der Waals surface area contributed by atoms with Gasteiger partial charge in [-0.1, -0.05) is 141 Å². The Morgan fingerprint density at radius 3 is 1.76 bits per heavy atom.